The maximum absolute atomic E-state index is 12.6. The highest BCUT2D eigenvalue weighted by atomic mass is 16.3. The van der Waals surface area contributed by atoms with Crippen LogP contribution in [0.4, 0.5) is 0 Å². The smallest absolute Gasteiger partial charge is 0.236 e. The summed E-state index contributed by atoms with van der Waals surface area (Å²) in [6.07, 6.45) is 7.05. The molecule has 0 bridgehead atoms. The standard InChI is InChI=1S/C17H32N2O2/c1-13-6-8-15(9-7-13)18(3)17(21)11-19-10-4-5-14(2)16(19)12-20/h13-16,20H,4-12H2,1-3H3/t13?,14-,15?,16-/m0/s1. The summed E-state index contributed by atoms with van der Waals surface area (Å²) in [4.78, 5) is 16.7. The summed E-state index contributed by atoms with van der Waals surface area (Å²) in [5.41, 5.74) is 0. The molecule has 0 spiro atoms. The molecule has 0 aromatic carbocycles. The second-order valence-corrected chi connectivity index (χ2v) is 7.26. The third-order valence-electron chi connectivity index (χ3n) is 5.68. The topological polar surface area (TPSA) is 43.8 Å². The van der Waals surface area contributed by atoms with Gasteiger partial charge in [-0.3, -0.25) is 9.69 Å². The minimum atomic E-state index is 0.155. The summed E-state index contributed by atoms with van der Waals surface area (Å²) in [7, 11) is 1.96. The number of rotatable bonds is 4. The van der Waals surface area contributed by atoms with E-state index >= 15 is 0 Å². The van der Waals surface area contributed by atoms with Gasteiger partial charge in [0.2, 0.25) is 5.91 Å². The SMILES string of the molecule is CC1CCC(N(C)C(=O)CN2CCC[C@H](C)[C@@H]2CO)CC1. The molecule has 0 aromatic heterocycles. The molecule has 0 aromatic rings. The van der Waals surface area contributed by atoms with Crippen molar-refractivity contribution in [2.24, 2.45) is 11.8 Å². The van der Waals surface area contributed by atoms with Crippen molar-refractivity contribution in [3.63, 3.8) is 0 Å². The molecule has 1 heterocycles. The first-order valence-electron chi connectivity index (χ1n) is 8.63. The lowest BCUT2D eigenvalue weighted by Gasteiger charge is -2.40. The highest BCUT2D eigenvalue weighted by Gasteiger charge is 2.31. The number of hydrogen-bond acceptors (Lipinski definition) is 3. The summed E-state index contributed by atoms with van der Waals surface area (Å²) < 4.78 is 0. The van der Waals surface area contributed by atoms with Crippen molar-refractivity contribution in [2.75, 3.05) is 26.7 Å². The van der Waals surface area contributed by atoms with E-state index in [1.807, 2.05) is 11.9 Å². The second-order valence-electron chi connectivity index (χ2n) is 7.26. The van der Waals surface area contributed by atoms with Crippen molar-refractivity contribution in [3.8, 4) is 0 Å². The number of carbonyl (C=O) groups is 1. The number of aliphatic hydroxyl groups is 1. The van der Waals surface area contributed by atoms with Crippen molar-refractivity contribution < 1.29 is 9.90 Å². The molecule has 21 heavy (non-hydrogen) atoms. The van der Waals surface area contributed by atoms with E-state index in [2.05, 4.69) is 18.7 Å². The Morgan fingerprint density at radius 2 is 1.86 bits per heavy atom. The van der Waals surface area contributed by atoms with E-state index in [-0.39, 0.29) is 18.6 Å². The third-order valence-corrected chi connectivity index (χ3v) is 5.68. The highest BCUT2D eigenvalue weighted by molar-refractivity contribution is 5.78. The molecule has 1 saturated heterocycles. The molecule has 1 amide bonds. The predicted molar refractivity (Wildman–Crippen MR) is 85.0 cm³/mol. The molecular formula is C17H32N2O2. The van der Waals surface area contributed by atoms with Crippen LogP contribution in [0, 0.1) is 11.8 Å². The number of piperidine rings is 1. The molecule has 2 atom stereocenters. The van der Waals surface area contributed by atoms with Crippen LogP contribution in [0.15, 0.2) is 0 Å². The molecule has 122 valence electrons. The van der Waals surface area contributed by atoms with Gasteiger partial charge in [0.05, 0.1) is 13.2 Å². The second kappa shape index (κ2) is 7.59. The quantitative estimate of drug-likeness (QED) is 0.864. The van der Waals surface area contributed by atoms with Gasteiger partial charge >= 0.3 is 0 Å². The van der Waals surface area contributed by atoms with Crippen LogP contribution in [0.25, 0.3) is 0 Å². The van der Waals surface area contributed by atoms with Crippen molar-refractivity contribution in [2.45, 2.75) is 64.5 Å². The average Bonchev–Trinajstić information content (AvgIpc) is 2.47. The zero-order valence-corrected chi connectivity index (χ0v) is 13.9. The molecule has 2 rings (SSSR count). The molecule has 2 fully saturated rings. The first-order chi connectivity index (χ1) is 10.0. The van der Waals surface area contributed by atoms with Gasteiger partial charge in [-0.05, 0) is 56.9 Å². The van der Waals surface area contributed by atoms with Crippen molar-refractivity contribution in [3.05, 3.63) is 0 Å². The minimum Gasteiger partial charge on any atom is -0.395 e. The van der Waals surface area contributed by atoms with Crippen molar-refractivity contribution in [1.29, 1.82) is 0 Å². The molecule has 4 heteroatoms. The number of carbonyl (C=O) groups excluding carboxylic acids is 1. The Labute approximate surface area is 129 Å². The fourth-order valence-electron chi connectivity index (χ4n) is 3.94. The monoisotopic (exact) mass is 296 g/mol. The third kappa shape index (κ3) is 4.19. The van der Waals surface area contributed by atoms with Gasteiger partial charge < -0.3 is 10.0 Å². The van der Waals surface area contributed by atoms with Gasteiger partial charge in [0.15, 0.2) is 0 Å². The summed E-state index contributed by atoms with van der Waals surface area (Å²) in [6.45, 7) is 6.07. The summed E-state index contributed by atoms with van der Waals surface area (Å²) >= 11 is 0. The molecule has 0 unspecified atom stereocenters. The van der Waals surface area contributed by atoms with Crippen LogP contribution in [-0.2, 0) is 4.79 Å². The highest BCUT2D eigenvalue weighted by Crippen LogP contribution is 2.27. The van der Waals surface area contributed by atoms with E-state index in [0.717, 1.165) is 38.1 Å². The van der Waals surface area contributed by atoms with Gasteiger partial charge in [-0.2, -0.15) is 0 Å². The molecule has 0 radical (unpaired) electrons. The van der Waals surface area contributed by atoms with Gasteiger partial charge in [-0.1, -0.05) is 13.8 Å². The Kier molecular flexibility index (Phi) is 6.06. The lowest BCUT2D eigenvalue weighted by atomic mass is 9.86. The summed E-state index contributed by atoms with van der Waals surface area (Å²) in [6, 6.07) is 0.575. The number of likely N-dealkylation sites (tertiary alicyclic amines) is 1. The zero-order chi connectivity index (χ0) is 15.4. The van der Waals surface area contributed by atoms with Gasteiger partial charge in [-0.25, -0.2) is 0 Å². The number of aliphatic hydroxyl groups excluding tert-OH is 1. The van der Waals surface area contributed by atoms with E-state index in [4.69, 9.17) is 0 Å². The van der Waals surface area contributed by atoms with Crippen LogP contribution in [0.3, 0.4) is 0 Å². The van der Waals surface area contributed by atoms with Crippen LogP contribution in [0.2, 0.25) is 0 Å². The zero-order valence-electron chi connectivity index (χ0n) is 13.9. The largest absolute Gasteiger partial charge is 0.395 e. The van der Waals surface area contributed by atoms with Gasteiger partial charge in [-0.15, -0.1) is 0 Å². The van der Waals surface area contributed by atoms with Crippen molar-refractivity contribution >= 4 is 5.91 Å². The first kappa shape index (κ1) is 16.8. The van der Waals surface area contributed by atoms with Crippen molar-refractivity contribution in [1.82, 2.24) is 9.80 Å². The average molecular weight is 296 g/mol. The number of hydrogen-bond donors (Lipinski definition) is 1. The molecular weight excluding hydrogens is 264 g/mol. The van der Waals surface area contributed by atoms with Crippen LogP contribution >= 0.6 is 0 Å². The lowest BCUT2D eigenvalue weighted by Crippen LogP contribution is -2.52. The lowest BCUT2D eigenvalue weighted by molar-refractivity contribution is -0.135. The minimum absolute atomic E-state index is 0.155. The maximum Gasteiger partial charge on any atom is 0.236 e. The molecule has 4 nitrogen and oxygen atoms in total. The van der Waals surface area contributed by atoms with E-state index in [1.54, 1.807) is 0 Å². The Morgan fingerprint density at radius 3 is 2.48 bits per heavy atom. The fourth-order valence-corrected chi connectivity index (χ4v) is 3.94. The van der Waals surface area contributed by atoms with E-state index in [1.165, 1.54) is 12.8 Å². The number of amides is 1. The molecule has 1 N–H and O–H groups in total. The van der Waals surface area contributed by atoms with E-state index in [9.17, 15) is 9.90 Å². The van der Waals surface area contributed by atoms with Gasteiger partial charge in [0, 0.05) is 19.1 Å². The predicted octanol–water partition coefficient (Wildman–Crippen LogP) is 2.12. The molecule has 1 saturated carbocycles. The molecule has 1 aliphatic heterocycles. The number of nitrogens with zero attached hydrogens (tertiary/aromatic N) is 2. The molecule has 1 aliphatic carbocycles. The Hall–Kier alpha value is -0.610. The Morgan fingerprint density at radius 1 is 1.19 bits per heavy atom. The van der Waals surface area contributed by atoms with Gasteiger partial charge in [0.1, 0.15) is 0 Å². The van der Waals surface area contributed by atoms with Crippen LogP contribution in [0.1, 0.15) is 52.4 Å². The normalized spacial score (nSPS) is 34.7. The van der Waals surface area contributed by atoms with E-state index < -0.39 is 0 Å². The summed E-state index contributed by atoms with van der Waals surface area (Å²) in [5.74, 6) is 1.52. The van der Waals surface area contributed by atoms with Gasteiger partial charge in [0.25, 0.3) is 0 Å². The summed E-state index contributed by atoms with van der Waals surface area (Å²) in [5, 5.41) is 9.59. The van der Waals surface area contributed by atoms with Crippen LogP contribution < -0.4 is 0 Å². The Bertz CT molecular complexity index is 340. The number of likely N-dealkylation sites (N-methyl/N-ethyl adjacent to an activating group) is 1. The van der Waals surface area contributed by atoms with E-state index in [0.29, 0.717) is 18.5 Å². The van der Waals surface area contributed by atoms with Crippen LogP contribution in [-0.4, -0.2) is 59.6 Å². The Balaban J connectivity index is 1.87. The maximum atomic E-state index is 12.6. The van der Waals surface area contributed by atoms with Crippen LogP contribution in [0.5, 0.6) is 0 Å². The fraction of sp³-hybridized carbons (Fsp3) is 0.941. The molecule has 2 aliphatic rings. The first-order valence-corrected chi connectivity index (χ1v) is 8.63.